The molecule has 0 saturated heterocycles. The van der Waals surface area contributed by atoms with Crippen LogP contribution in [0, 0.1) is 0 Å². The second-order valence-corrected chi connectivity index (χ2v) is 4.73. The highest BCUT2D eigenvalue weighted by Crippen LogP contribution is 2.08. The van der Waals surface area contributed by atoms with Gasteiger partial charge in [0, 0.05) is 6.26 Å². The molecule has 1 unspecified atom stereocenters. The number of rotatable bonds is 5. The minimum Gasteiger partial charge on any atom is -0.229 e. The van der Waals surface area contributed by atoms with Crippen LogP contribution in [0.4, 0.5) is 0 Å². The molecule has 0 amide bonds. The van der Waals surface area contributed by atoms with E-state index in [2.05, 4.69) is 13.2 Å². The first-order valence-electron chi connectivity index (χ1n) is 3.44. The third-order valence-corrected chi connectivity index (χ3v) is 3.00. The average molecular weight is 174 g/mol. The fourth-order valence-electron chi connectivity index (χ4n) is 0.789. The minimum atomic E-state index is -2.95. The van der Waals surface area contributed by atoms with Crippen LogP contribution in [0.1, 0.15) is 12.8 Å². The molecule has 0 aliphatic carbocycles. The summed E-state index contributed by atoms with van der Waals surface area (Å²) < 4.78 is 21.9. The molecule has 0 spiro atoms. The first kappa shape index (κ1) is 10.4. The van der Waals surface area contributed by atoms with Crippen LogP contribution in [0.3, 0.4) is 0 Å². The lowest BCUT2D eigenvalue weighted by atomic mass is 10.2. The molecule has 0 aliphatic heterocycles. The van der Waals surface area contributed by atoms with Crippen molar-refractivity contribution < 1.29 is 8.42 Å². The molecular weight excluding hydrogens is 160 g/mol. The Labute approximate surface area is 68.5 Å². The van der Waals surface area contributed by atoms with Crippen LogP contribution in [-0.2, 0) is 9.84 Å². The van der Waals surface area contributed by atoms with E-state index in [0.717, 1.165) is 0 Å². The van der Waals surface area contributed by atoms with Gasteiger partial charge in [0.15, 0.2) is 9.84 Å². The van der Waals surface area contributed by atoms with E-state index in [1.807, 2.05) is 0 Å². The Bertz CT molecular complexity index is 226. The van der Waals surface area contributed by atoms with Gasteiger partial charge < -0.3 is 0 Å². The number of sulfone groups is 1. The maximum absolute atomic E-state index is 11.0. The van der Waals surface area contributed by atoms with E-state index in [9.17, 15) is 8.42 Å². The first-order chi connectivity index (χ1) is 5.02. The van der Waals surface area contributed by atoms with Crippen LogP contribution >= 0.6 is 0 Å². The molecule has 11 heavy (non-hydrogen) atoms. The summed E-state index contributed by atoms with van der Waals surface area (Å²) in [6, 6.07) is 0. The molecule has 0 aromatic rings. The summed E-state index contributed by atoms with van der Waals surface area (Å²) in [5, 5.41) is -0.416. The Morgan fingerprint density at radius 3 is 2.27 bits per heavy atom. The SMILES string of the molecule is C=CCCC(C=C)S(C)(=O)=O. The van der Waals surface area contributed by atoms with Crippen molar-refractivity contribution in [3.63, 3.8) is 0 Å². The topological polar surface area (TPSA) is 34.1 Å². The fraction of sp³-hybridized carbons (Fsp3) is 0.500. The van der Waals surface area contributed by atoms with Gasteiger partial charge in [0.2, 0.25) is 0 Å². The summed E-state index contributed by atoms with van der Waals surface area (Å²) in [4.78, 5) is 0. The predicted molar refractivity (Wildman–Crippen MR) is 48.3 cm³/mol. The number of hydrogen-bond acceptors (Lipinski definition) is 2. The van der Waals surface area contributed by atoms with E-state index < -0.39 is 15.1 Å². The van der Waals surface area contributed by atoms with E-state index in [1.165, 1.54) is 12.3 Å². The molecule has 64 valence electrons. The van der Waals surface area contributed by atoms with Crippen molar-refractivity contribution >= 4 is 9.84 Å². The van der Waals surface area contributed by atoms with Crippen LogP contribution in [0.25, 0.3) is 0 Å². The van der Waals surface area contributed by atoms with E-state index in [4.69, 9.17) is 0 Å². The van der Waals surface area contributed by atoms with Crippen LogP contribution in [-0.4, -0.2) is 19.9 Å². The van der Waals surface area contributed by atoms with Gasteiger partial charge in [-0.25, -0.2) is 8.42 Å². The van der Waals surface area contributed by atoms with Crippen LogP contribution in [0.2, 0.25) is 0 Å². The zero-order valence-corrected chi connectivity index (χ0v) is 7.60. The molecule has 0 bridgehead atoms. The van der Waals surface area contributed by atoms with Gasteiger partial charge in [0.05, 0.1) is 5.25 Å². The Morgan fingerprint density at radius 1 is 1.45 bits per heavy atom. The summed E-state index contributed by atoms with van der Waals surface area (Å²) in [7, 11) is -2.95. The lowest BCUT2D eigenvalue weighted by Gasteiger charge is -2.07. The van der Waals surface area contributed by atoms with Crippen molar-refractivity contribution in [2.24, 2.45) is 0 Å². The molecule has 0 aromatic carbocycles. The van der Waals surface area contributed by atoms with Gasteiger partial charge in [-0.3, -0.25) is 0 Å². The quantitative estimate of drug-likeness (QED) is 0.593. The van der Waals surface area contributed by atoms with E-state index in [-0.39, 0.29) is 0 Å². The molecule has 0 N–H and O–H groups in total. The Balaban J connectivity index is 4.18. The predicted octanol–water partition coefficient (Wildman–Crippen LogP) is 1.55. The summed E-state index contributed by atoms with van der Waals surface area (Å²) in [6.07, 6.45) is 5.71. The molecule has 1 atom stereocenters. The number of allylic oxidation sites excluding steroid dienone is 1. The van der Waals surface area contributed by atoms with Crippen molar-refractivity contribution in [2.45, 2.75) is 18.1 Å². The lowest BCUT2D eigenvalue weighted by molar-refractivity contribution is 0.590. The van der Waals surface area contributed by atoms with Crippen molar-refractivity contribution in [3.05, 3.63) is 25.3 Å². The number of hydrogen-bond donors (Lipinski definition) is 0. The fourth-order valence-corrected chi connectivity index (χ4v) is 1.70. The van der Waals surface area contributed by atoms with Gasteiger partial charge in [-0.15, -0.1) is 13.2 Å². The lowest BCUT2D eigenvalue weighted by Crippen LogP contribution is -2.16. The van der Waals surface area contributed by atoms with E-state index >= 15 is 0 Å². The molecule has 2 nitrogen and oxygen atoms in total. The second-order valence-electron chi connectivity index (χ2n) is 2.47. The average Bonchev–Trinajstić information content (AvgIpc) is 1.87. The van der Waals surface area contributed by atoms with Crippen molar-refractivity contribution in [2.75, 3.05) is 6.26 Å². The van der Waals surface area contributed by atoms with Gasteiger partial charge in [0.25, 0.3) is 0 Å². The van der Waals surface area contributed by atoms with Crippen molar-refractivity contribution in [1.29, 1.82) is 0 Å². The Morgan fingerprint density at radius 2 is 2.00 bits per heavy atom. The summed E-state index contributed by atoms with van der Waals surface area (Å²) in [5.41, 5.74) is 0. The van der Waals surface area contributed by atoms with Crippen LogP contribution in [0.15, 0.2) is 25.3 Å². The zero-order valence-electron chi connectivity index (χ0n) is 6.79. The summed E-state index contributed by atoms with van der Waals surface area (Å²) >= 11 is 0. The maximum Gasteiger partial charge on any atom is 0.153 e. The van der Waals surface area contributed by atoms with Gasteiger partial charge in [-0.1, -0.05) is 12.2 Å². The third-order valence-electron chi connectivity index (χ3n) is 1.47. The third kappa shape index (κ3) is 3.98. The molecule has 3 heteroatoms. The molecule has 0 saturated carbocycles. The standard InChI is InChI=1S/C8H14O2S/c1-4-6-7-8(5-2)11(3,9)10/h4-5,8H,1-2,6-7H2,3H3. The molecule has 0 heterocycles. The molecule has 0 aliphatic rings. The normalized spacial score (nSPS) is 13.9. The molecule has 0 aromatic heterocycles. The monoisotopic (exact) mass is 174 g/mol. The van der Waals surface area contributed by atoms with E-state index in [1.54, 1.807) is 6.08 Å². The minimum absolute atomic E-state index is 0.416. The second kappa shape index (κ2) is 4.34. The molecule has 0 radical (unpaired) electrons. The van der Waals surface area contributed by atoms with Crippen molar-refractivity contribution in [3.8, 4) is 0 Å². The van der Waals surface area contributed by atoms with Gasteiger partial charge in [0.1, 0.15) is 0 Å². The highest BCUT2D eigenvalue weighted by molar-refractivity contribution is 7.91. The largest absolute Gasteiger partial charge is 0.229 e. The highest BCUT2D eigenvalue weighted by Gasteiger charge is 2.14. The highest BCUT2D eigenvalue weighted by atomic mass is 32.2. The Kier molecular flexibility index (Phi) is 4.11. The molecule has 0 fully saturated rings. The maximum atomic E-state index is 11.0. The zero-order chi connectivity index (χ0) is 8.91. The molecule has 0 rings (SSSR count). The summed E-state index contributed by atoms with van der Waals surface area (Å²) in [6.45, 7) is 6.99. The van der Waals surface area contributed by atoms with Crippen LogP contribution in [0.5, 0.6) is 0 Å². The van der Waals surface area contributed by atoms with Gasteiger partial charge in [-0.05, 0) is 12.8 Å². The first-order valence-corrected chi connectivity index (χ1v) is 5.40. The van der Waals surface area contributed by atoms with Gasteiger partial charge in [-0.2, -0.15) is 0 Å². The van der Waals surface area contributed by atoms with Gasteiger partial charge >= 0.3 is 0 Å². The van der Waals surface area contributed by atoms with Crippen molar-refractivity contribution in [1.82, 2.24) is 0 Å². The molecular formula is C8H14O2S. The Hall–Kier alpha value is -0.570. The van der Waals surface area contributed by atoms with Crippen LogP contribution < -0.4 is 0 Å². The summed E-state index contributed by atoms with van der Waals surface area (Å²) in [5.74, 6) is 0. The van der Waals surface area contributed by atoms with E-state index in [0.29, 0.717) is 12.8 Å². The smallest absolute Gasteiger partial charge is 0.153 e.